The molecule has 0 fully saturated rings. The minimum atomic E-state index is -4.85. The van der Waals surface area contributed by atoms with Crippen LogP contribution in [0.1, 0.15) is 27.8 Å². The summed E-state index contributed by atoms with van der Waals surface area (Å²) in [6.45, 7) is 0.0286. The minimum absolute atomic E-state index is 0.0286. The maximum atomic E-state index is 13.8. The molecular formula is C28H19F3N2O2. The largest absolute Gasteiger partial charge is 0.457 e. The molecule has 0 unspecified atom stereocenters. The molecule has 0 spiro atoms. The van der Waals surface area contributed by atoms with E-state index < -0.39 is 22.9 Å². The number of halogens is 3. The van der Waals surface area contributed by atoms with Crippen molar-refractivity contribution in [3.63, 3.8) is 0 Å². The highest BCUT2D eigenvalue weighted by Crippen LogP contribution is 2.38. The number of rotatable bonds is 3. The molecule has 0 bridgehead atoms. The topological polar surface area (TPSA) is 55.0 Å². The zero-order valence-corrected chi connectivity index (χ0v) is 18.5. The Morgan fingerprint density at radius 3 is 2.31 bits per heavy atom. The standard InChI is InChI=1S/C28H19F3N2O2/c29-28(30,31)23-15-24(33(27(34)22(23)16-32)17-18-6-2-1-3-7-18)20-12-13-26-21(14-20)11-10-19-8-4-5-9-25(19)35-26/h1-9,12-15H,10-11,17H2. The minimum Gasteiger partial charge on any atom is -0.457 e. The maximum Gasteiger partial charge on any atom is 0.417 e. The van der Waals surface area contributed by atoms with Crippen molar-refractivity contribution in [1.29, 1.82) is 5.26 Å². The first-order valence-electron chi connectivity index (χ1n) is 11.0. The van der Waals surface area contributed by atoms with Gasteiger partial charge in [0.05, 0.1) is 17.8 Å². The second-order valence-corrected chi connectivity index (χ2v) is 8.34. The molecule has 1 aromatic heterocycles. The fourth-order valence-electron chi connectivity index (χ4n) is 4.37. The van der Waals surface area contributed by atoms with Crippen LogP contribution in [0.25, 0.3) is 11.3 Å². The van der Waals surface area contributed by atoms with Crippen LogP contribution in [0.3, 0.4) is 0 Å². The molecule has 3 aromatic carbocycles. The van der Waals surface area contributed by atoms with Crippen LogP contribution in [0.5, 0.6) is 11.5 Å². The summed E-state index contributed by atoms with van der Waals surface area (Å²) in [5, 5.41) is 9.41. The van der Waals surface area contributed by atoms with Gasteiger partial charge in [0.25, 0.3) is 5.56 Å². The summed E-state index contributed by atoms with van der Waals surface area (Å²) in [6, 6.07) is 24.1. The smallest absolute Gasteiger partial charge is 0.417 e. The van der Waals surface area contributed by atoms with Crippen LogP contribution in [-0.4, -0.2) is 4.57 Å². The molecule has 35 heavy (non-hydrogen) atoms. The summed E-state index contributed by atoms with van der Waals surface area (Å²) in [5.74, 6) is 1.37. The molecule has 174 valence electrons. The van der Waals surface area contributed by atoms with Gasteiger partial charge in [-0.05, 0) is 65.4 Å². The van der Waals surface area contributed by atoms with E-state index in [0.29, 0.717) is 24.2 Å². The number of hydrogen-bond donors (Lipinski definition) is 0. The summed E-state index contributed by atoms with van der Waals surface area (Å²) in [5.41, 5.74) is 0.0248. The van der Waals surface area contributed by atoms with E-state index in [1.54, 1.807) is 42.5 Å². The Balaban J connectivity index is 1.68. The molecule has 4 nitrogen and oxygen atoms in total. The van der Waals surface area contributed by atoms with E-state index in [-0.39, 0.29) is 12.2 Å². The number of alkyl halides is 3. The molecule has 2 heterocycles. The Morgan fingerprint density at radius 2 is 1.57 bits per heavy atom. The monoisotopic (exact) mass is 472 g/mol. The van der Waals surface area contributed by atoms with Gasteiger partial charge in [-0.1, -0.05) is 48.5 Å². The Bertz CT molecular complexity index is 1520. The third-order valence-corrected chi connectivity index (χ3v) is 6.11. The van der Waals surface area contributed by atoms with Gasteiger partial charge in [0.1, 0.15) is 23.1 Å². The number of hydrogen-bond acceptors (Lipinski definition) is 3. The van der Waals surface area contributed by atoms with Gasteiger partial charge < -0.3 is 9.30 Å². The fourth-order valence-corrected chi connectivity index (χ4v) is 4.37. The number of fused-ring (bicyclic) bond motifs is 2. The number of nitriles is 1. The van der Waals surface area contributed by atoms with Crippen LogP contribution >= 0.6 is 0 Å². The van der Waals surface area contributed by atoms with E-state index in [2.05, 4.69) is 0 Å². The summed E-state index contributed by atoms with van der Waals surface area (Å²) >= 11 is 0. The first kappa shape index (κ1) is 22.5. The first-order chi connectivity index (χ1) is 16.8. The van der Waals surface area contributed by atoms with Crippen molar-refractivity contribution in [3.8, 4) is 28.8 Å². The Hall–Kier alpha value is -4.31. The number of ether oxygens (including phenoxy) is 1. The van der Waals surface area contributed by atoms with Crippen molar-refractivity contribution in [3.05, 3.63) is 117 Å². The molecule has 0 amide bonds. The van der Waals surface area contributed by atoms with Crippen LogP contribution in [0.2, 0.25) is 0 Å². The van der Waals surface area contributed by atoms with Gasteiger partial charge in [-0.3, -0.25) is 4.79 Å². The van der Waals surface area contributed by atoms with Crippen molar-refractivity contribution >= 4 is 0 Å². The fraction of sp³-hybridized carbons (Fsp3) is 0.143. The van der Waals surface area contributed by atoms with Crippen LogP contribution in [0, 0.1) is 11.3 Å². The lowest BCUT2D eigenvalue weighted by molar-refractivity contribution is -0.137. The molecule has 0 aliphatic carbocycles. The Morgan fingerprint density at radius 1 is 0.886 bits per heavy atom. The lowest BCUT2D eigenvalue weighted by Crippen LogP contribution is -2.28. The lowest BCUT2D eigenvalue weighted by atomic mass is 9.99. The SMILES string of the molecule is N#Cc1c(C(F)(F)F)cc(-c2ccc3c(c2)CCc2ccccc2O3)n(Cc2ccccc2)c1=O. The second-order valence-electron chi connectivity index (χ2n) is 8.34. The van der Waals surface area contributed by atoms with Gasteiger partial charge in [0.15, 0.2) is 0 Å². The quantitative estimate of drug-likeness (QED) is 0.349. The van der Waals surface area contributed by atoms with E-state index in [9.17, 15) is 23.2 Å². The van der Waals surface area contributed by atoms with Crippen molar-refractivity contribution in [2.75, 3.05) is 0 Å². The van der Waals surface area contributed by atoms with Crippen molar-refractivity contribution in [2.24, 2.45) is 0 Å². The number of benzene rings is 3. The van der Waals surface area contributed by atoms with Crippen LogP contribution < -0.4 is 10.3 Å². The molecular weight excluding hydrogens is 453 g/mol. The van der Waals surface area contributed by atoms with Gasteiger partial charge in [-0.25, -0.2) is 0 Å². The number of para-hydroxylation sites is 1. The summed E-state index contributed by atoms with van der Waals surface area (Å²) in [4.78, 5) is 13.2. The van der Waals surface area contributed by atoms with Gasteiger partial charge in [-0.2, -0.15) is 18.4 Å². The van der Waals surface area contributed by atoms with Gasteiger partial charge in [-0.15, -0.1) is 0 Å². The highest BCUT2D eigenvalue weighted by molar-refractivity contribution is 5.66. The van der Waals surface area contributed by atoms with Crippen LogP contribution in [0.15, 0.2) is 83.7 Å². The highest BCUT2D eigenvalue weighted by Gasteiger charge is 2.36. The van der Waals surface area contributed by atoms with Crippen molar-refractivity contribution in [1.82, 2.24) is 4.57 Å². The van der Waals surface area contributed by atoms with Gasteiger partial charge in [0.2, 0.25) is 0 Å². The molecule has 0 radical (unpaired) electrons. The Labute approximate surface area is 199 Å². The highest BCUT2D eigenvalue weighted by atomic mass is 19.4. The molecule has 0 N–H and O–H groups in total. The average Bonchev–Trinajstić information content (AvgIpc) is 3.04. The molecule has 7 heteroatoms. The summed E-state index contributed by atoms with van der Waals surface area (Å²) in [7, 11) is 0. The molecule has 4 aromatic rings. The molecule has 0 atom stereocenters. The first-order valence-corrected chi connectivity index (χ1v) is 11.0. The normalized spacial score (nSPS) is 12.6. The third-order valence-electron chi connectivity index (χ3n) is 6.11. The molecule has 0 saturated carbocycles. The van der Waals surface area contributed by atoms with E-state index in [1.165, 1.54) is 10.6 Å². The van der Waals surface area contributed by atoms with Crippen molar-refractivity contribution in [2.45, 2.75) is 25.6 Å². The van der Waals surface area contributed by atoms with Gasteiger partial charge in [0, 0.05) is 0 Å². The van der Waals surface area contributed by atoms with Crippen LogP contribution in [0.4, 0.5) is 13.2 Å². The lowest BCUT2D eigenvalue weighted by Gasteiger charge is -2.19. The maximum absolute atomic E-state index is 13.8. The Kier molecular flexibility index (Phi) is 5.65. The van der Waals surface area contributed by atoms with E-state index in [4.69, 9.17) is 4.74 Å². The molecule has 1 aliphatic rings. The number of aryl methyl sites for hydroxylation is 2. The summed E-state index contributed by atoms with van der Waals surface area (Å²) < 4.78 is 48.8. The summed E-state index contributed by atoms with van der Waals surface area (Å²) in [6.07, 6.45) is -3.50. The molecule has 0 saturated heterocycles. The van der Waals surface area contributed by atoms with E-state index >= 15 is 0 Å². The predicted octanol–water partition coefficient (Wildman–Crippen LogP) is 6.34. The number of nitrogens with zero attached hydrogens (tertiary/aromatic N) is 2. The zero-order valence-electron chi connectivity index (χ0n) is 18.5. The van der Waals surface area contributed by atoms with E-state index in [0.717, 1.165) is 28.5 Å². The third kappa shape index (κ3) is 4.31. The molecule has 5 rings (SSSR count). The molecule has 1 aliphatic heterocycles. The number of aromatic nitrogens is 1. The average molecular weight is 472 g/mol. The predicted molar refractivity (Wildman–Crippen MR) is 125 cm³/mol. The van der Waals surface area contributed by atoms with Gasteiger partial charge >= 0.3 is 6.18 Å². The van der Waals surface area contributed by atoms with E-state index in [1.807, 2.05) is 30.3 Å². The number of pyridine rings is 1. The van der Waals surface area contributed by atoms with Crippen molar-refractivity contribution < 1.29 is 17.9 Å². The second kappa shape index (κ2) is 8.80. The van der Waals surface area contributed by atoms with Crippen LogP contribution in [-0.2, 0) is 25.6 Å². The zero-order chi connectivity index (χ0) is 24.6.